The van der Waals surface area contributed by atoms with Crippen molar-refractivity contribution in [2.75, 3.05) is 0 Å². The Balaban J connectivity index is 2.19. The largest absolute Gasteiger partial charge is 0.457 e. The maximum Gasteiger partial charge on any atom is 0.127 e. The van der Waals surface area contributed by atoms with Crippen LogP contribution < -0.4 is 10.5 Å². The number of hydrogen-bond donors (Lipinski definition) is 1. The lowest BCUT2D eigenvalue weighted by Crippen LogP contribution is -2.23. The molecule has 110 valence electrons. The minimum absolute atomic E-state index is 0.180. The molecular formula is C18H21NOS. The van der Waals surface area contributed by atoms with Gasteiger partial charge in [0.1, 0.15) is 11.5 Å². The Bertz CT molecular complexity index is 624. The quantitative estimate of drug-likeness (QED) is 0.804. The van der Waals surface area contributed by atoms with Crippen LogP contribution >= 0.6 is 12.2 Å². The minimum atomic E-state index is 0.180. The first-order valence-electron chi connectivity index (χ1n) is 7.12. The van der Waals surface area contributed by atoms with Gasteiger partial charge in [0.15, 0.2) is 0 Å². The molecule has 0 heterocycles. The van der Waals surface area contributed by atoms with Crippen LogP contribution in [0.25, 0.3) is 0 Å². The van der Waals surface area contributed by atoms with Crippen molar-refractivity contribution in [1.82, 2.24) is 0 Å². The van der Waals surface area contributed by atoms with Gasteiger partial charge in [-0.2, -0.15) is 0 Å². The fourth-order valence-corrected chi connectivity index (χ4v) is 2.57. The Hall–Kier alpha value is -1.87. The predicted octanol–water partition coefficient (Wildman–Crippen LogP) is 4.81. The number of rotatable bonds is 5. The molecule has 2 atom stereocenters. The monoisotopic (exact) mass is 299 g/mol. The zero-order valence-corrected chi connectivity index (χ0v) is 13.5. The summed E-state index contributed by atoms with van der Waals surface area (Å²) in [5.74, 6) is 2.17. The van der Waals surface area contributed by atoms with Crippen molar-refractivity contribution >= 4 is 17.2 Å². The van der Waals surface area contributed by atoms with Gasteiger partial charge in [-0.05, 0) is 48.2 Å². The van der Waals surface area contributed by atoms with E-state index in [4.69, 9.17) is 22.7 Å². The molecule has 0 aliphatic carbocycles. The second-order valence-electron chi connectivity index (χ2n) is 5.41. The minimum Gasteiger partial charge on any atom is -0.457 e. The second-order valence-corrected chi connectivity index (χ2v) is 5.88. The van der Waals surface area contributed by atoms with Gasteiger partial charge in [0.25, 0.3) is 0 Å². The van der Waals surface area contributed by atoms with Crippen LogP contribution in [-0.4, -0.2) is 4.99 Å². The van der Waals surface area contributed by atoms with E-state index in [1.54, 1.807) is 0 Å². The standard InChI is InChI=1S/C18H21NOS/c1-12-11-16(20-15-7-5-4-6-8-15)9-10-17(12)13(2)14(3)18(19)21/h4-11,13-14H,1-3H3,(H2,19,21). The number of hydrogen-bond acceptors (Lipinski definition) is 2. The topological polar surface area (TPSA) is 35.2 Å². The van der Waals surface area contributed by atoms with Gasteiger partial charge in [0.2, 0.25) is 0 Å². The average Bonchev–Trinajstić information content (AvgIpc) is 2.47. The van der Waals surface area contributed by atoms with Crippen molar-refractivity contribution in [1.29, 1.82) is 0 Å². The van der Waals surface area contributed by atoms with Crippen LogP contribution in [0.15, 0.2) is 48.5 Å². The maximum atomic E-state index is 5.85. The van der Waals surface area contributed by atoms with Crippen LogP contribution in [0.2, 0.25) is 0 Å². The number of para-hydroxylation sites is 1. The molecule has 0 radical (unpaired) electrons. The van der Waals surface area contributed by atoms with E-state index in [-0.39, 0.29) is 5.92 Å². The fraction of sp³-hybridized carbons (Fsp3) is 0.278. The Morgan fingerprint density at radius 3 is 2.29 bits per heavy atom. The number of thiocarbonyl (C=S) groups is 1. The maximum absolute atomic E-state index is 5.85. The highest BCUT2D eigenvalue weighted by atomic mass is 32.1. The molecular weight excluding hydrogens is 278 g/mol. The molecule has 2 N–H and O–H groups in total. The van der Waals surface area contributed by atoms with Gasteiger partial charge in [0.05, 0.1) is 4.99 Å². The van der Waals surface area contributed by atoms with Gasteiger partial charge in [-0.25, -0.2) is 0 Å². The summed E-state index contributed by atoms with van der Waals surface area (Å²) in [6.07, 6.45) is 0. The van der Waals surface area contributed by atoms with Crippen molar-refractivity contribution in [3.05, 3.63) is 59.7 Å². The second kappa shape index (κ2) is 6.72. The lowest BCUT2D eigenvalue weighted by Gasteiger charge is -2.21. The molecule has 0 saturated heterocycles. The van der Waals surface area contributed by atoms with E-state index in [1.165, 1.54) is 11.1 Å². The molecule has 0 saturated carbocycles. The zero-order valence-electron chi connectivity index (χ0n) is 12.7. The molecule has 2 aromatic carbocycles. The van der Waals surface area contributed by atoms with Crippen LogP contribution in [0, 0.1) is 12.8 Å². The summed E-state index contributed by atoms with van der Waals surface area (Å²) >= 11 is 5.10. The Morgan fingerprint density at radius 1 is 1.05 bits per heavy atom. The molecule has 2 unspecified atom stereocenters. The average molecular weight is 299 g/mol. The predicted molar refractivity (Wildman–Crippen MR) is 92.1 cm³/mol. The molecule has 0 aromatic heterocycles. The summed E-state index contributed by atoms with van der Waals surface area (Å²) in [7, 11) is 0. The van der Waals surface area contributed by atoms with Gasteiger partial charge in [-0.1, -0.05) is 50.3 Å². The third kappa shape index (κ3) is 3.82. The van der Waals surface area contributed by atoms with Crippen molar-refractivity contribution in [3.8, 4) is 11.5 Å². The molecule has 0 spiro atoms. The summed E-state index contributed by atoms with van der Waals surface area (Å²) in [5, 5.41) is 0. The molecule has 0 aliphatic heterocycles. The van der Waals surface area contributed by atoms with E-state index in [1.807, 2.05) is 36.4 Å². The zero-order chi connectivity index (χ0) is 15.4. The van der Waals surface area contributed by atoms with Crippen molar-refractivity contribution < 1.29 is 4.74 Å². The molecule has 2 rings (SSSR count). The van der Waals surface area contributed by atoms with Crippen LogP contribution in [0.3, 0.4) is 0 Å². The highest BCUT2D eigenvalue weighted by Crippen LogP contribution is 2.31. The summed E-state index contributed by atoms with van der Waals surface area (Å²) in [6, 6.07) is 15.9. The summed E-state index contributed by atoms with van der Waals surface area (Å²) < 4.78 is 5.85. The molecule has 0 fully saturated rings. The van der Waals surface area contributed by atoms with E-state index in [0.29, 0.717) is 10.9 Å². The summed E-state index contributed by atoms with van der Waals surface area (Å²) in [4.78, 5) is 0.562. The van der Waals surface area contributed by atoms with Crippen LogP contribution in [0.5, 0.6) is 11.5 Å². The van der Waals surface area contributed by atoms with Gasteiger partial charge in [0, 0.05) is 5.92 Å². The van der Waals surface area contributed by atoms with Crippen LogP contribution in [-0.2, 0) is 0 Å². The van der Waals surface area contributed by atoms with Gasteiger partial charge >= 0.3 is 0 Å². The first kappa shape index (κ1) is 15.5. The van der Waals surface area contributed by atoms with Crippen molar-refractivity contribution in [2.45, 2.75) is 26.7 Å². The number of benzene rings is 2. The first-order chi connectivity index (χ1) is 9.99. The molecule has 0 aliphatic rings. The van der Waals surface area contributed by atoms with E-state index in [2.05, 4.69) is 32.9 Å². The van der Waals surface area contributed by atoms with Crippen molar-refractivity contribution in [2.24, 2.45) is 11.7 Å². The summed E-state index contributed by atoms with van der Waals surface area (Å²) in [5.41, 5.74) is 8.22. The van der Waals surface area contributed by atoms with Crippen LogP contribution in [0.4, 0.5) is 0 Å². The van der Waals surface area contributed by atoms with E-state index in [9.17, 15) is 0 Å². The lowest BCUT2D eigenvalue weighted by molar-refractivity contribution is 0.481. The Morgan fingerprint density at radius 2 is 1.71 bits per heavy atom. The third-order valence-corrected chi connectivity index (χ3v) is 4.28. The SMILES string of the molecule is Cc1cc(Oc2ccccc2)ccc1C(C)C(C)C(N)=S. The van der Waals surface area contributed by atoms with E-state index < -0.39 is 0 Å². The molecule has 21 heavy (non-hydrogen) atoms. The summed E-state index contributed by atoms with van der Waals surface area (Å²) in [6.45, 7) is 6.32. The Kier molecular flexibility index (Phi) is 4.97. The third-order valence-electron chi connectivity index (χ3n) is 3.91. The molecule has 0 amide bonds. The number of nitrogens with two attached hydrogens (primary N) is 1. The Labute approximate surface area is 131 Å². The smallest absolute Gasteiger partial charge is 0.127 e. The molecule has 3 heteroatoms. The van der Waals surface area contributed by atoms with Gasteiger partial charge in [-0.3, -0.25) is 0 Å². The fourth-order valence-electron chi connectivity index (χ4n) is 2.36. The number of ether oxygens (including phenoxy) is 1. The lowest BCUT2D eigenvalue weighted by atomic mass is 9.86. The van der Waals surface area contributed by atoms with Crippen LogP contribution in [0.1, 0.15) is 30.9 Å². The van der Waals surface area contributed by atoms with Gasteiger partial charge < -0.3 is 10.5 Å². The molecule has 2 aromatic rings. The molecule has 0 bridgehead atoms. The highest BCUT2D eigenvalue weighted by Gasteiger charge is 2.18. The molecule has 2 nitrogen and oxygen atoms in total. The normalized spacial score (nSPS) is 13.5. The number of aryl methyl sites for hydroxylation is 1. The highest BCUT2D eigenvalue weighted by molar-refractivity contribution is 7.80. The van der Waals surface area contributed by atoms with Gasteiger partial charge in [-0.15, -0.1) is 0 Å². The van der Waals surface area contributed by atoms with Crippen molar-refractivity contribution in [3.63, 3.8) is 0 Å². The first-order valence-corrected chi connectivity index (χ1v) is 7.52. The van der Waals surface area contributed by atoms with E-state index in [0.717, 1.165) is 11.5 Å². The van der Waals surface area contributed by atoms with E-state index >= 15 is 0 Å².